The summed E-state index contributed by atoms with van der Waals surface area (Å²) in [6.07, 6.45) is 3.40. The monoisotopic (exact) mass is 1470 g/mol. The van der Waals surface area contributed by atoms with E-state index in [9.17, 15) is 53.4 Å². The molecule has 1 aliphatic carbocycles. The number of aliphatic hydroxyl groups excluding tert-OH is 1. The molecule has 7 aromatic rings. The number of fused-ring (bicyclic) bond motifs is 9. The first-order valence-corrected chi connectivity index (χ1v) is 37.1. The lowest BCUT2D eigenvalue weighted by molar-refractivity contribution is -0.133. The van der Waals surface area contributed by atoms with Gasteiger partial charge in [-0.05, 0) is 140 Å². The highest BCUT2D eigenvalue weighted by atomic mass is 16.6. The number of phenolic OH excluding ortho intramolecular Hbond substituents is 1. The third kappa shape index (κ3) is 16.1. The molecule has 6 amide bonds. The molecular formula is C83H91N9O16. The highest BCUT2D eigenvalue weighted by Crippen LogP contribution is 2.57. The second kappa shape index (κ2) is 32.1. The van der Waals surface area contributed by atoms with Gasteiger partial charge in [0.2, 0.25) is 17.7 Å². The zero-order valence-electron chi connectivity index (χ0n) is 61.8. The molecule has 0 bridgehead atoms. The summed E-state index contributed by atoms with van der Waals surface area (Å²) in [7, 11) is 2.97. The summed E-state index contributed by atoms with van der Waals surface area (Å²) in [5.41, 5.74) is 9.29. The van der Waals surface area contributed by atoms with Gasteiger partial charge in [0.15, 0.2) is 40.8 Å². The number of aromatic hydroxyl groups is 1. The van der Waals surface area contributed by atoms with E-state index >= 15 is 0 Å². The Labute approximate surface area is 626 Å². The van der Waals surface area contributed by atoms with E-state index in [0.29, 0.717) is 66.1 Å². The molecule has 6 aliphatic rings. The van der Waals surface area contributed by atoms with E-state index < -0.39 is 47.9 Å². The third-order valence-electron chi connectivity index (χ3n) is 21.6. The van der Waals surface area contributed by atoms with Crippen molar-refractivity contribution >= 4 is 69.9 Å². The number of Topliss-reactive ketones (excluding diaryl/α,β-unsaturated/α-hetero) is 3. The number of benzene rings is 6. The van der Waals surface area contributed by atoms with Crippen molar-refractivity contribution in [2.24, 2.45) is 17.3 Å². The molecule has 108 heavy (non-hydrogen) atoms. The summed E-state index contributed by atoms with van der Waals surface area (Å²) in [6, 6.07) is 34.0. The number of carbonyl (C=O) groups excluding carboxylic acids is 9. The summed E-state index contributed by atoms with van der Waals surface area (Å²) in [5.74, 6) is -2.46. The minimum absolute atomic E-state index is 0.0157. The number of aromatic nitrogens is 3. The van der Waals surface area contributed by atoms with Crippen molar-refractivity contribution in [2.75, 3.05) is 50.3 Å². The standard InChI is InChI=1S/C83H91N9O16/c1-48(2)63(38-60(95)43-84-74(97)29-27-59(94)28-30-75(98)89-44-55-13-8-9-14-61(55)76-77(92(49(3)4)87-86-76)62-15-10-11-16-66(62)89)78(99)85-50(5)69(96)35-51-17-19-52(20-18-51)46-108-82(103)91-67-41-73(71(105-7)40-65(67)80(101)90-47-83(31-32-83)42-68(90)81(91)102)107-34-12-33-106-72-37-54-21-24-57-36-56(53-22-25-58(93)26-23-53)45-88(57)79(100)64(54)39-70(72)104-6/h8-11,13-20,22-23,25-26,37,39-41,45,48-50,57,63,68,81,93,102H,12,21,24,27-36,38,42-44,46-47H2,1-7H3,(H,84,97)(H,85,99)/t50-,57+,63-,68-,81?/m0/s1. The number of rotatable bonds is 28. The second-order valence-corrected chi connectivity index (χ2v) is 29.7. The van der Waals surface area contributed by atoms with E-state index in [4.69, 9.17) is 23.7 Å². The van der Waals surface area contributed by atoms with Gasteiger partial charge in [-0.15, -0.1) is 5.10 Å². The maximum Gasteiger partial charge on any atom is 0.416 e. The first kappa shape index (κ1) is 75.0. The predicted octanol–water partition coefficient (Wildman–Crippen LogP) is 11.1. The number of para-hydroxylation sites is 1. The van der Waals surface area contributed by atoms with Gasteiger partial charge in [0.25, 0.3) is 11.8 Å². The Kier molecular flexibility index (Phi) is 22.3. The van der Waals surface area contributed by atoms with Gasteiger partial charge in [0.1, 0.15) is 23.8 Å². The van der Waals surface area contributed by atoms with Crippen LogP contribution in [-0.4, -0.2) is 153 Å². The number of carbonyl (C=O) groups is 9. The van der Waals surface area contributed by atoms with Crippen molar-refractivity contribution in [2.45, 2.75) is 162 Å². The van der Waals surface area contributed by atoms with Crippen molar-refractivity contribution in [3.8, 4) is 51.3 Å². The number of aliphatic hydroxyl groups is 1. The van der Waals surface area contributed by atoms with Crippen LogP contribution in [0, 0.1) is 17.3 Å². The summed E-state index contributed by atoms with van der Waals surface area (Å²) < 4.78 is 31.9. The molecule has 564 valence electrons. The molecule has 25 heteroatoms. The minimum atomic E-state index is -1.49. The van der Waals surface area contributed by atoms with Gasteiger partial charge in [0, 0.05) is 98.4 Å². The Balaban J connectivity index is 0.569. The molecule has 1 saturated carbocycles. The summed E-state index contributed by atoms with van der Waals surface area (Å²) >= 11 is 0. The van der Waals surface area contributed by atoms with Crippen molar-refractivity contribution in [3.63, 3.8) is 0 Å². The van der Waals surface area contributed by atoms with Gasteiger partial charge in [-0.2, -0.15) is 0 Å². The first-order valence-electron chi connectivity index (χ1n) is 37.1. The van der Waals surface area contributed by atoms with Crippen molar-refractivity contribution < 1.29 is 77.0 Å². The lowest BCUT2D eigenvalue weighted by Gasteiger charge is -2.31. The highest BCUT2D eigenvalue weighted by Gasteiger charge is 2.58. The van der Waals surface area contributed by atoms with Gasteiger partial charge in [0.05, 0.1) is 75.2 Å². The number of hydrogen-bond acceptors (Lipinski definition) is 18. The van der Waals surface area contributed by atoms with Crippen LogP contribution in [-0.2, 0) is 59.5 Å². The summed E-state index contributed by atoms with van der Waals surface area (Å²) in [4.78, 5) is 130. The number of anilines is 2. The zero-order valence-corrected chi connectivity index (χ0v) is 61.8. The number of hydrogen-bond donors (Lipinski definition) is 4. The third-order valence-corrected chi connectivity index (χ3v) is 21.6. The van der Waals surface area contributed by atoms with Crippen LogP contribution in [0.5, 0.6) is 28.7 Å². The number of phenols is 1. The molecule has 5 aliphatic heterocycles. The Morgan fingerprint density at radius 1 is 0.704 bits per heavy atom. The van der Waals surface area contributed by atoms with Crippen LogP contribution in [0.25, 0.3) is 28.1 Å². The van der Waals surface area contributed by atoms with Crippen LogP contribution in [0.4, 0.5) is 16.2 Å². The number of nitrogens with one attached hydrogen (secondary N) is 2. The summed E-state index contributed by atoms with van der Waals surface area (Å²) in [5, 5.41) is 36.4. The van der Waals surface area contributed by atoms with Gasteiger partial charge < -0.3 is 59.2 Å². The van der Waals surface area contributed by atoms with Crippen molar-refractivity contribution in [1.29, 1.82) is 0 Å². The predicted molar refractivity (Wildman–Crippen MR) is 400 cm³/mol. The lowest BCUT2D eigenvalue weighted by Crippen LogP contribution is -2.50. The molecular weight excluding hydrogens is 1380 g/mol. The van der Waals surface area contributed by atoms with E-state index in [1.807, 2.05) is 91.5 Å². The minimum Gasteiger partial charge on any atom is -0.508 e. The molecule has 13 rings (SSSR count). The molecule has 25 nitrogen and oxygen atoms in total. The van der Waals surface area contributed by atoms with E-state index in [1.54, 1.807) is 77.9 Å². The Bertz CT molecular complexity index is 4680. The fourth-order valence-corrected chi connectivity index (χ4v) is 15.2. The maximum atomic E-state index is 14.5. The van der Waals surface area contributed by atoms with Crippen molar-refractivity contribution in [1.82, 2.24) is 35.4 Å². The molecule has 1 aromatic heterocycles. The van der Waals surface area contributed by atoms with Gasteiger partial charge in [-0.3, -0.25) is 38.4 Å². The molecule has 4 N–H and O–H groups in total. The van der Waals surface area contributed by atoms with Gasteiger partial charge >= 0.3 is 6.09 Å². The van der Waals surface area contributed by atoms with Crippen LogP contribution < -0.4 is 39.4 Å². The number of ether oxygens (including phenoxy) is 5. The molecule has 2 fully saturated rings. The number of amides is 6. The lowest BCUT2D eigenvalue weighted by atomic mass is 9.89. The van der Waals surface area contributed by atoms with Gasteiger partial charge in [-0.25, -0.2) is 14.4 Å². The van der Waals surface area contributed by atoms with Crippen LogP contribution >= 0.6 is 0 Å². The summed E-state index contributed by atoms with van der Waals surface area (Å²) in [6.45, 7) is 9.52. The smallest absolute Gasteiger partial charge is 0.416 e. The van der Waals surface area contributed by atoms with Crippen LogP contribution in [0.15, 0.2) is 128 Å². The Hall–Kier alpha value is -11.2. The molecule has 1 saturated heterocycles. The second-order valence-electron chi connectivity index (χ2n) is 29.7. The van der Waals surface area contributed by atoms with E-state index in [1.165, 1.54) is 26.4 Å². The fourth-order valence-electron chi connectivity index (χ4n) is 15.2. The number of nitrogens with zero attached hydrogens (tertiary/aromatic N) is 7. The fraction of sp³-hybridized carbons (Fsp3) is 0.410. The first-order chi connectivity index (χ1) is 52.0. The quantitative estimate of drug-likeness (QED) is 0.0331. The zero-order chi connectivity index (χ0) is 76.2. The van der Waals surface area contributed by atoms with Gasteiger partial charge in [-0.1, -0.05) is 97.9 Å². The maximum absolute atomic E-state index is 14.5. The van der Waals surface area contributed by atoms with E-state index in [2.05, 4.69) is 20.9 Å². The van der Waals surface area contributed by atoms with Crippen LogP contribution in [0.1, 0.15) is 160 Å². The SMILES string of the molecule is COc1cc2c(cc1OCCCOc1cc3c(cc1OC)C(=O)N1CC4(CC4)C[C@H]1C(O)N3C(=O)OCc1ccc(CC(=O)[C@H](C)NC(=O)[C@@H](CC(=O)CNC(=O)CCC(=O)CCC(=O)N3Cc4ccccc4-c4nnn(C(C)C)c4-c4ccccc43)C(C)C)cc1)CC[C@@H]1CC(c3ccc(O)cc3)=CN1C2=O. The average Bonchev–Trinajstić information content (AvgIpc) is 1.56. The molecule has 1 spiro atoms. The Morgan fingerprint density at radius 3 is 2.08 bits per heavy atom. The molecule has 5 atom stereocenters. The average molecular weight is 1470 g/mol. The molecule has 6 aromatic carbocycles. The molecule has 6 heterocycles. The topological polar surface area (TPSA) is 308 Å². The number of ketones is 3. The molecule has 0 radical (unpaired) electrons. The van der Waals surface area contributed by atoms with E-state index in [0.717, 1.165) is 68.9 Å². The van der Waals surface area contributed by atoms with Crippen molar-refractivity contribution in [3.05, 3.63) is 166 Å². The Morgan fingerprint density at radius 2 is 1.38 bits per heavy atom. The number of aryl methyl sites for hydroxylation is 1. The highest BCUT2D eigenvalue weighted by molar-refractivity contribution is 6.07. The molecule has 1 unspecified atom stereocenters. The normalized spacial score (nSPS) is 17.8. The van der Waals surface area contributed by atoms with Crippen LogP contribution in [0.2, 0.25) is 0 Å². The van der Waals surface area contributed by atoms with Crippen LogP contribution in [0.3, 0.4) is 0 Å². The number of methoxy groups -OCH3 is 2. The van der Waals surface area contributed by atoms with E-state index in [-0.39, 0.29) is 153 Å². The largest absolute Gasteiger partial charge is 0.508 e.